The summed E-state index contributed by atoms with van der Waals surface area (Å²) < 4.78 is 0. The number of nitro groups is 1. The summed E-state index contributed by atoms with van der Waals surface area (Å²) in [6.07, 6.45) is 1.58. The van der Waals surface area contributed by atoms with E-state index in [1.807, 2.05) is 43.3 Å². The van der Waals surface area contributed by atoms with Gasteiger partial charge in [0.15, 0.2) is 5.03 Å². The highest BCUT2D eigenvalue weighted by atomic mass is 16.7. The zero-order chi connectivity index (χ0) is 13.5. The molecular weight excluding hydrogens is 236 g/mol. The third-order valence-electron chi connectivity index (χ3n) is 2.03. The van der Waals surface area contributed by atoms with Gasteiger partial charge in [-0.3, -0.25) is 0 Å². The number of nitrogens with one attached hydrogen (secondary N) is 2. The van der Waals surface area contributed by atoms with Crippen LogP contribution >= 0.6 is 0 Å². The van der Waals surface area contributed by atoms with Gasteiger partial charge in [0.25, 0.3) is 0 Å². The van der Waals surface area contributed by atoms with Crippen LogP contribution in [0.25, 0.3) is 0 Å². The Bertz CT molecular complexity index is 466. The molecule has 8 nitrogen and oxygen atoms in total. The molecule has 8 heteroatoms. The lowest BCUT2D eigenvalue weighted by molar-refractivity contribution is -0.528. The molecular formula is C10H15N6O2+. The van der Waals surface area contributed by atoms with Crippen molar-refractivity contribution in [1.82, 2.24) is 5.43 Å². The first-order valence-electron chi connectivity index (χ1n) is 5.09. The van der Waals surface area contributed by atoms with E-state index in [0.29, 0.717) is 0 Å². The lowest BCUT2D eigenvalue weighted by atomic mass is 10.2. The van der Waals surface area contributed by atoms with Crippen LogP contribution in [-0.2, 0) is 0 Å². The number of anilines is 1. The van der Waals surface area contributed by atoms with E-state index in [9.17, 15) is 10.1 Å². The second-order valence-corrected chi connectivity index (χ2v) is 3.63. The Morgan fingerprint density at radius 2 is 2.11 bits per heavy atom. The Morgan fingerprint density at radius 3 is 2.61 bits per heavy atom. The van der Waals surface area contributed by atoms with Gasteiger partial charge in [-0.05, 0) is 24.3 Å². The number of guanidine groups is 1. The first-order chi connectivity index (χ1) is 8.49. The smallest absolute Gasteiger partial charge is 0.319 e. The minimum atomic E-state index is -0.785. The average molecular weight is 251 g/mol. The van der Waals surface area contributed by atoms with Gasteiger partial charge < -0.3 is 10.6 Å². The van der Waals surface area contributed by atoms with Crippen LogP contribution in [0.2, 0.25) is 0 Å². The van der Waals surface area contributed by atoms with E-state index in [1.165, 1.54) is 0 Å². The fourth-order valence-corrected chi connectivity index (χ4v) is 1.16. The summed E-state index contributed by atoms with van der Waals surface area (Å²) in [5, 5.41) is 15.3. The number of rotatable bonds is 4. The molecule has 0 atom stereocenters. The van der Waals surface area contributed by atoms with Crippen LogP contribution in [0.4, 0.5) is 5.69 Å². The molecule has 1 aromatic carbocycles. The number of nitrogens with two attached hydrogens (primary N) is 1. The minimum absolute atomic E-state index is 0.318. The van der Waals surface area contributed by atoms with E-state index < -0.39 is 5.03 Å². The van der Waals surface area contributed by atoms with E-state index in [4.69, 9.17) is 5.73 Å². The number of hydrogen-bond donors (Lipinski definition) is 3. The molecule has 0 radical (unpaired) electrons. The van der Waals surface area contributed by atoms with E-state index in [2.05, 4.69) is 10.2 Å². The fraction of sp³-hybridized carbons (Fsp3) is 0.200. The van der Waals surface area contributed by atoms with Crippen LogP contribution in [0.1, 0.15) is 5.56 Å². The zero-order valence-corrected chi connectivity index (χ0v) is 10.1. The fourth-order valence-electron chi connectivity index (χ4n) is 1.16. The molecule has 1 aromatic rings. The topological polar surface area (TPSA) is 111 Å². The van der Waals surface area contributed by atoms with Gasteiger partial charge in [-0.1, -0.05) is 5.43 Å². The molecule has 0 unspecified atom stereocenters. The molecule has 18 heavy (non-hydrogen) atoms. The number of nitrogens with zero attached hydrogens (tertiary/aromatic N) is 3. The summed E-state index contributed by atoms with van der Waals surface area (Å²) in [4.78, 5) is 12.0. The van der Waals surface area contributed by atoms with Crippen molar-refractivity contribution in [2.24, 2.45) is 10.8 Å². The molecule has 0 heterocycles. The Morgan fingerprint density at radius 1 is 1.50 bits per heavy atom. The van der Waals surface area contributed by atoms with Crippen molar-refractivity contribution < 1.29 is 10.1 Å². The van der Waals surface area contributed by atoms with E-state index in [0.717, 1.165) is 11.3 Å². The first kappa shape index (κ1) is 13.4. The molecule has 0 saturated carbocycles. The van der Waals surface area contributed by atoms with Crippen molar-refractivity contribution in [3.05, 3.63) is 39.9 Å². The molecule has 0 saturated heterocycles. The highest BCUT2D eigenvalue weighted by molar-refractivity contribution is 5.77. The van der Waals surface area contributed by atoms with Gasteiger partial charge in [0, 0.05) is 30.4 Å². The molecule has 0 fully saturated rings. The summed E-state index contributed by atoms with van der Waals surface area (Å²) in [7, 11) is 3.90. The SMILES string of the molecule is CN(C)c1ccc(/C=[NH+]\N=C(N)N[N+](=O)[O-])cc1. The first-order valence-corrected chi connectivity index (χ1v) is 5.09. The van der Waals surface area contributed by atoms with Crippen LogP contribution in [-0.4, -0.2) is 31.3 Å². The summed E-state index contributed by atoms with van der Waals surface area (Å²) in [6.45, 7) is 0. The van der Waals surface area contributed by atoms with Crippen molar-refractivity contribution in [1.29, 1.82) is 0 Å². The van der Waals surface area contributed by atoms with Crippen LogP contribution in [0.5, 0.6) is 0 Å². The van der Waals surface area contributed by atoms with Gasteiger partial charge in [-0.25, -0.2) is 10.1 Å². The average Bonchev–Trinajstić information content (AvgIpc) is 2.28. The van der Waals surface area contributed by atoms with Crippen LogP contribution < -0.4 is 21.2 Å². The largest absolute Gasteiger partial charge is 0.378 e. The van der Waals surface area contributed by atoms with Crippen molar-refractivity contribution in [2.75, 3.05) is 19.0 Å². The molecule has 1 rings (SSSR count). The van der Waals surface area contributed by atoms with Crippen LogP contribution in [0, 0.1) is 10.1 Å². The zero-order valence-electron chi connectivity index (χ0n) is 10.1. The summed E-state index contributed by atoms with van der Waals surface area (Å²) >= 11 is 0. The molecule has 0 spiro atoms. The van der Waals surface area contributed by atoms with E-state index >= 15 is 0 Å². The van der Waals surface area contributed by atoms with Gasteiger partial charge in [0.2, 0.25) is 6.21 Å². The van der Waals surface area contributed by atoms with Crippen LogP contribution in [0.3, 0.4) is 0 Å². The van der Waals surface area contributed by atoms with Crippen LogP contribution in [0.15, 0.2) is 29.4 Å². The van der Waals surface area contributed by atoms with Gasteiger partial charge in [-0.15, -0.1) is 5.10 Å². The summed E-state index contributed by atoms with van der Waals surface area (Å²) in [5.41, 5.74) is 8.87. The molecule has 0 aliphatic heterocycles. The van der Waals surface area contributed by atoms with Crippen molar-refractivity contribution in [3.8, 4) is 0 Å². The Hall–Kier alpha value is -2.64. The van der Waals surface area contributed by atoms with Gasteiger partial charge >= 0.3 is 5.96 Å². The second-order valence-electron chi connectivity index (χ2n) is 3.63. The maximum Gasteiger partial charge on any atom is 0.319 e. The Labute approximate surface area is 104 Å². The Balaban J connectivity index is 2.64. The standard InChI is InChI=1S/C10H14N6O2/c1-15(2)9-5-3-8(4-6-9)7-12-13-10(11)14-16(17)18/h3-7H,1-2H3,(H3,11,13,14)/p+1/b12-7-. The third-order valence-corrected chi connectivity index (χ3v) is 2.03. The summed E-state index contributed by atoms with van der Waals surface area (Å²) in [6, 6.07) is 7.65. The van der Waals surface area contributed by atoms with E-state index in [-0.39, 0.29) is 5.96 Å². The maximum atomic E-state index is 10.0. The lowest BCUT2D eigenvalue weighted by Gasteiger charge is -2.11. The number of benzene rings is 1. The third kappa shape index (κ3) is 4.47. The predicted octanol–water partition coefficient (Wildman–Crippen LogP) is -1.74. The van der Waals surface area contributed by atoms with Crippen molar-refractivity contribution in [3.63, 3.8) is 0 Å². The highest BCUT2D eigenvalue weighted by Crippen LogP contribution is 2.10. The normalized spacial score (nSPS) is 11.6. The number of hydrazone groups is 1. The van der Waals surface area contributed by atoms with Gasteiger partial charge in [-0.2, -0.15) is 0 Å². The van der Waals surface area contributed by atoms with Gasteiger partial charge in [0.05, 0.1) is 0 Å². The quantitative estimate of drug-likeness (QED) is 0.255. The lowest BCUT2D eigenvalue weighted by Crippen LogP contribution is -2.64. The monoisotopic (exact) mass is 251 g/mol. The summed E-state index contributed by atoms with van der Waals surface area (Å²) in [5.74, 6) is -0.318. The molecule has 4 N–H and O–H groups in total. The molecule has 0 aliphatic rings. The predicted molar refractivity (Wildman–Crippen MR) is 68.7 cm³/mol. The molecule has 96 valence electrons. The van der Waals surface area contributed by atoms with Gasteiger partial charge in [0.1, 0.15) is 0 Å². The minimum Gasteiger partial charge on any atom is -0.378 e. The number of hydrazine groups is 1. The highest BCUT2D eigenvalue weighted by Gasteiger charge is 2.00. The second kappa shape index (κ2) is 6.18. The number of hydrogen-bond acceptors (Lipinski definition) is 4. The molecule has 0 amide bonds. The molecule has 0 aromatic heterocycles. The van der Waals surface area contributed by atoms with Crippen molar-refractivity contribution >= 4 is 17.9 Å². The molecule has 0 aliphatic carbocycles. The maximum absolute atomic E-state index is 10.0. The van der Waals surface area contributed by atoms with E-state index in [1.54, 1.807) is 11.6 Å². The van der Waals surface area contributed by atoms with Crippen molar-refractivity contribution in [2.45, 2.75) is 0 Å². The molecule has 0 bridgehead atoms. The Kier molecular flexibility index (Phi) is 4.61.